The Morgan fingerprint density at radius 2 is 2.06 bits per heavy atom. The number of hydrogen-bond acceptors (Lipinski definition) is 2. The maximum atomic E-state index is 6.26. The Kier molecular flexibility index (Phi) is 4.65. The molecule has 1 fully saturated rings. The lowest BCUT2D eigenvalue weighted by atomic mass is 9.96. The standard InChI is InChI=1S/C16H26N2/c1-3-13-9-7-8-12-18(13)16-11-6-5-10-14(16)15(17)4-2/h5-6,10-11,13,15H,3-4,7-9,12,17H2,1-2H3/t13?,15-/m0/s1. The third-order valence-electron chi connectivity index (χ3n) is 4.18. The monoisotopic (exact) mass is 246 g/mol. The van der Waals surface area contributed by atoms with E-state index in [2.05, 4.69) is 43.0 Å². The van der Waals surface area contributed by atoms with Gasteiger partial charge < -0.3 is 10.6 Å². The molecule has 2 N–H and O–H groups in total. The summed E-state index contributed by atoms with van der Waals surface area (Å²) in [5.74, 6) is 0. The Hall–Kier alpha value is -1.02. The Bertz CT molecular complexity index is 375. The van der Waals surface area contributed by atoms with Crippen LogP contribution in [0.2, 0.25) is 0 Å². The molecule has 2 heteroatoms. The molecule has 18 heavy (non-hydrogen) atoms. The van der Waals surface area contributed by atoms with Gasteiger partial charge in [-0.3, -0.25) is 0 Å². The Balaban J connectivity index is 2.30. The number of para-hydroxylation sites is 1. The van der Waals surface area contributed by atoms with E-state index in [1.165, 1.54) is 43.5 Å². The van der Waals surface area contributed by atoms with Gasteiger partial charge in [0.25, 0.3) is 0 Å². The van der Waals surface area contributed by atoms with Crippen LogP contribution in [0.5, 0.6) is 0 Å². The smallest absolute Gasteiger partial charge is 0.0417 e. The van der Waals surface area contributed by atoms with Crippen molar-refractivity contribution in [2.75, 3.05) is 11.4 Å². The summed E-state index contributed by atoms with van der Waals surface area (Å²) in [6.07, 6.45) is 6.24. The molecule has 1 heterocycles. The van der Waals surface area contributed by atoms with Gasteiger partial charge in [0.2, 0.25) is 0 Å². The lowest BCUT2D eigenvalue weighted by molar-refractivity contribution is 0.448. The van der Waals surface area contributed by atoms with Gasteiger partial charge in [-0.2, -0.15) is 0 Å². The summed E-state index contributed by atoms with van der Waals surface area (Å²) in [6.45, 7) is 5.65. The molecule has 1 aromatic carbocycles. The third kappa shape index (κ3) is 2.69. The molecular weight excluding hydrogens is 220 g/mol. The van der Waals surface area contributed by atoms with Crippen LogP contribution in [-0.2, 0) is 0 Å². The molecule has 0 aromatic heterocycles. The second-order valence-electron chi connectivity index (χ2n) is 5.32. The van der Waals surface area contributed by atoms with Gasteiger partial charge in [0.15, 0.2) is 0 Å². The summed E-state index contributed by atoms with van der Waals surface area (Å²) >= 11 is 0. The summed E-state index contributed by atoms with van der Waals surface area (Å²) in [5, 5.41) is 0. The van der Waals surface area contributed by atoms with Gasteiger partial charge in [-0.1, -0.05) is 32.0 Å². The first-order valence-electron chi connectivity index (χ1n) is 7.39. The van der Waals surface area contributed by atoms with Crippen LogP contribution in [0.15, 0.2) is 24.3 Å². The van der Waals surface area contributed by atoms with Crippen molar-refractivity contribution >= 4 is 5.69 Å². The van der Waals surface area contributed by atoms with Gasteiger partial charge in [0.05, 0.1) is 0 Å². The second kappa shape index (κ2) is 6.24. The number of benzene rings is 1. The van der Waals surface area contributed by atoms with Gasteiger partial charge >= 0.3 is 0 Å². The molecule has 100 valence electrons. The molecule has 2 rings (SSSR count). The highest BCUT2D eigenvalue weighted by Gasteiger charge is 2.23. The van der Waals surface area contributed by atoms with E-state index in [1.54, 1.807) is 0 Å². The van der Waals surface area contributed by atoms with Crippen LogP contribution >= 0.6 is 0 Å². The van der Waals surface area contributed by atoms with Crippen LogP contribution in [0.25, 0.3) is 0 Å². The molecule has 0 bridgehead atoms. The largest absolute Gasteiger partial charge is 0.368 e. The molecular formula is C16H26N2. The van der Waals surface area contributed by atoms with Gasteiger partial charge in [0, 0.05) is 24.3 Å². The Morgan fingerprint density at radius 1 is 1.28 bits per heavy atom. The highest BCUT2D eigenvalue weighted by atomic mass is 15.2. The fourth-order valence-electron chi connectivity index (χ4n) is 3.02. The first-order chi connectivity index (χ1) is 8.77. The van der Waals surface area contributed by atoms with Crippen LogP contribution in [0.4, 0.5) is 5.69 Å². The number of piperidine rings is 1. The molecule has 2 nitrogen and oxygen atoms in total. The summed E-state index contributed by atoms with van der Waals surface area (Å²) in [5.41, 5.74) is 8.96. The molecule has 1 aliphatic rings. The van der Waals surface area contributed by atoms with Crippen molar-refractivity contribution in [1.82, 2.24) is 0 Å². The van der Waals surface area contributed by atoms with Gasteiger partial charge in [0.1, 0.15) is 0 Å². The molecule has 0 spiro atoms. The van der Waals surface area contributed by atoms with Gasteiger partial charge in [-0.15, -0.1) is 0 Å². The van der Waals surface area contributed by atoms with Crippen LogP contribution in [-0.4, -0.2) is 12.6 Å². The molecule has 1 saturated heterocycles. The van der Waals surface area contributed by atoms with E-state index in [-0.39, 0.29) is 6.04 Å². The summed E-state index contributed by atoms with van der Waals surface area (Å²) < 4.78 is 0. The van der Waals surface area contributed by atoms with Crippen LogP contribution in [0.3, 0.4) is 0 Å². The number of rotatable bonds is 4. The van der Waals surface area contributed by atoms with E-state index in [4.69, 9.17) is 5.73 Å². The second-order valence-corrected chi connectivity index (χ2v) is 5.32. The number of nitrogens with zero attached hydrogens (tertiary/aromatic N) is 1. The van der Waals surface area contributed by atoms with Crippen LogP contribution in [0.1, 0.15) is 57.6 Å². The zero-order valence-corrected chi connectivity index (χ0v) is 11.7. The minimum absolute atomic E-state index is 0.167. The van der Waals surface area contributed by atoms with E-state index in [1.807, 2.05) is 0 Å². The quantitative estimate of drug-likeness (QED) is 0.874. The number of anilines is 1. The molecule has 0 aliphatic carbocycles. The van der Waals surface area contributed by atoms with Gasteiger partial charge in [-0.25, -0.2) is 0 Å². The SMILES string of the molecule is CCC1CCCCN1c1ccccc1[C@@H](N)CC. The van der Waals surface area contributed by atoms with Crippen molar-refractivity contribution in [2.45, 2.75) is 58.0 Å². The van der Waals surface area contributed by atoms with Crippen molar-refractivity contribution in [3.8, 4) is 0 Å². The summed E-state index contributed by atoms with van der Waals surface area (Å²) in [4.78, 5) is 2.59. The van der Waals surface area contributed by atoms with E-state index < -0.39 is 0 Å². The van der Waals surface area contributed by atoms with Crippen LogP contribution in [0, 0.1) is 0 Å². The molecule has 0 radical (unpaired) electrons. The molecule has 1 unspecified atom stereocenters. The van der Waals surface area contributed by atoms with Crippen molar-refractivity contribution in [2.24, 2.45) is 5.73 Å². The highest BCUT2D eigenvalue weighted by Crippen LogP contribution is 2.32. The molecule has 1 aliphatic heterocycles. The van der Waals surface area contributed by atoms with Gasteiger partial charge in [-0.05, 0) is 43.7 Å². The van der Waals surface area contributed by atoms with Crippen molar-refractivity contribution in [1.29, 1.82) is 0 Å². The lowest BCUT2D eigenvalue weighted by Gasteiger charge is -2.39. The lowest BCUT2D eigenvalue weighted by Crippen LogP contribution is -2.40. The van der Waals surface area contributed by atoms with Crippen molar-refractivity contribution in [3.05, 3.63) is 29.8 Å². The maximum Gasteiger partial charge on any atom is 0.0417 e. The molecule has 0 amide bonds. The number of hydrogen-bond donors (Lipinski definition) is 1. The van der Waals surface area contributed by atoms with Crippen molar-refractivity contribution < 1.29 is 0 Å². The maximum absolute atomic E-state index is 6.26. The zero-order chi connectivity index (χ0) is 13.0. The van der Waals surface area contributed by atoms with E-state index in [0.29, 0.717) is 6.04 Å². The zero-order valence-electron chi connectivity index (χ0n) is 11.7. The predicted molar refractivity (Wildman–Crippen MR) is 78.9 cm³/mol. The molecule has 2 atom stereocenters. The topological polar surface area (TPSA) is 29.3 Å². The van der Waals surface area contributed by atoms with E-state index >= 15 is 0 Å². The predicted octanol–water partition coefficient (Wildman–Crippen LogP) is 3.87. The average molecular weight is 246 g/mol. The minimum atomic E-state index is 0.167. The normalized spacial score (nSPS) is 21.9. The third-order valence-corrected chi connectivity index (χ3v) is 4.18. The first kappa shape index (κ1) is 13.4. The van der Waals surface area contributed by atoms with E-state index in [0.717, 1.165) is 6.42 Å². The van der Waals surface area contributed by atoms with E-state index in [9.17, 15) is 0 Å². The first-order valence-corrected chi connectivity index (χ1v) is 7.39. The average Bonchev–Trinajstić information content (AvgIpc) is 2.46. The Labute approximate surface area is 111 Å². The minimum Gasteiger partial charge on any atom is -0.368 e. The highest BCUT2D eigenvalue weighted by molar-refractivity contribution is 5.56. The summed E-state index contributed by atoms with van der Waals surface area (Å²) in [6, 6.07) is 9.57. The molecule has 1 aromatic rings. The fourth-order valence-corrected chi connectivity index (χ4v) is 3.02. The summed E-state index contributed by atoms with van der Waals surface area (Å²) in [7, 11) is 0. The molecule has 0 saturated carbocycles. The number of nitrogens with two attached hydrogens (primary N) is 1. The van der Waals surface area contributed by atoms with Crippen molar-refractivity contribution in [3.63, 3.8) is 0 Å². The fraction of sp³-hybridized carbons (Fsp3) is 0.625. The Morgan fingerprint density at radius 3 is 2.78 bits per heavy atom. The van der Waals surface area contributed by atoms with Crippen LogP contribution < -0.4 is 10.6 Å².